The van der Waals surface area contributed by atoms with E-state index >= 15 is 0 Å². The standard InChI is InChI=1S/C7H8N2O2/c1-6-2-4-7(5-3-6)8-9(10)11/h2-5,8H,1H3. The van der Waals surface area contributed by atoms with Crippen LogP contribution < -0.4 is 5.43 Å². The summed E-state index contributed by atoms with van der Waals surface area (Å²) >= 11 is 0. The van der Waals surface area contributed by atoms with Crippen molar-refractivity contribution in [1.82, 2.24) is 0 Å². The monoisotopic (exact) mass is 152 g/mol. The average Bonchev–Trinajstić information content (AvgIpc) is 1.93. The Balaban J connectivity index is 2.74. The van der Waals surface area contributed by atoms with Crippen molar-refractivity contribution in [3.63, 3.8) is 0 Å². The largest absolute Gasteiger partial charge is 0.235 e. The molecule has 0 saturated carbocycles. The minimum absolute atomic E-state index is 0.501. The Morgan fingerprint density at radius 1 is 1.36 bits per heavy atom. The molecule has 11 heavy (non-hydrogen) atoms. The smallest absolute Gasteiger partial charge is 0.162 e. The molecular weight excluding hydrogens is 144 g/mol. The average molecular weight is 152 g/mol. The maximum Gasteiger partial charge on any atom is 0.162 e. The number of rotatable bonds is 2. The summed E-state index contributed by atoms with van der Waals surface area (Å²) in [5.74, 6) is 0. The first-order valence-electron chi connectivity index (χ1n) is 3.16. The fraction of sp³-hybridized carbons (Fsp3) is 0.143. The third-order valence-electron chi connectivity index (χ3n) is 1.27. The zero-order valence-corrected chi connectivity index (χ0v) is 6.07. The van der Waals surface area contributed by atoms with Crippen LogP contribution in [-0.2, 0) is 0 Å². The second kappa shape index (κ2) is 3.01. The summed E-state index contributed by atoms with van der Waals surface area (Å²) in [6.07, 6.45) is 0. The van der Waals surface area contributed by atoms with Gasteiger partial charge in [0.2, 0.25) is 0 Å². The molecule has 0 bridgehead atoms. The number of nitrogens with one attached hydrogen (secondary N) is 1. The molecule has 0 radical (unpaired) electrons. The van der Waals surface area contributed by atoms with Gasteiger partial charge in [0.05, 0.1) is 0 Å². The van der Waals surface area contributed by atoms with Crippen LogP contribution in [0.3, 0.4) is 0 Å². The Bertz CT molecular complexity index is 256. The normalized spacial score (nSPS) is 9.18. The predicted molar refractivity (Wildman–Crippen MR) is 41.8 cm³/mol. The van der Waals surface area contributed by atoms with Gasteiger partial charge in [0.1, 0.15) is 5.69 Å². The first-order chi connectivity index (χ1) is 5.18. The van der Waals surface area contributed by atoms with Gasteiger partial charge < -0.3 is 0 Å². The topological polar surface area (TPSA) is 55.2 Å². The number of nitrogens with zero attached hydrogens (tertiary/aromatic N) is 1. The van der Waals surface area contributed by atoms with Gasteiger partial charge in [-0.2, -0.15) is 0 Å². The second-order valence-electron chi connectivity index (χ2n) is 2.23. The van der Waals surface area contributed by atoms with Crippen LogP contribution in [0.2, 0.25) is 0 Å². The Hall–Kier alpha value is -1.58. The Labute approximate surface area is 64.0 Å². The van der Waals surface area contributed by atoms with Gasteiger partial charge in [-0.25, -0.2) is 10.1 Å². The van der Waals surface area contributed by atoms with Crippen LogP contribution in [0.4, 0.5) is 5.69 Å². The molecule has 58 valence electrons. The van der Waals surface area contributed by atoms with Crippen molar-refractivity contribution >= 4 is 5.69 Å². The van der Waals surface area contributed by atoms with Gasteiger partial charge in [0, 0.05) is 0 Å². The van der Waals surface area contributed by atoms with Gasteiger partial charge in [-0.05, 0) is 19.1 Å². The third-order valence-corrected chi connectivity index (χ3v) is 1.27. The van der Waals surface area contributed by atoms with E-state index in [0.717, 1.165) is 5.56 Å². The molecule has 4 heteroatoms. The van der Waals surface area contributed by atoms with E-state index in [0.29, 0.717) is 5.69 Å². The number of benzene rings is 1. The molecule has 4 nitrogen and oxygen atoms in total. The minimum atomic E-state index is -0.579. The van der Waals surface area contributed by atoms with Crippen molar-refractivity contribution in [3.8, 4) is 0 Å². The van der Waals surface area contributed by atoms with Crippen molar-refractivity contribution in [3.05, 3.63) is 39.9 Å². The first kappa shape index (κ1) is 7.53. The van der Waals surface area contributed by atoms with E-state index in [9.17, 15) is 10.1 Å². The lowest BCUT2D eigenvalue weighted by Crippen LogP contribution is -2.07. The SMILES string of the molecule is Cc1ccc(N[N+](=O)[O-])cc1. The highest BCUT2D eigenvalue weighted by atomic mass is 16.7. The highest BCUT2D eigenvalue weighted by Gasteiger charge is 1.95. The van der Waals surface area contributed by atoms with Crippen molar-refractivity contribution in [2.75, 3.05) is 5.43 Å². The van der Waals surface area contributed by atoms with E-state index < -0.39 is 5.03 Å². The summed E-state index contributed by atoms with van der Waals surface area (Å²) in [5, 5.41) is 9.37. The zero-order valence-electron chi connectivity index (χ0n) is 6.07. The van der Waals surface area contributed by atoms with E-state index in [1.807, 2.05) is 19.1 Å². The minimum Gasteiger partial charge on any atom is -0.235 e. The van der Waals surface area contributed by atoms with Crippen LogP contribution in [0.15, 0.2) is 24.3 Å². The molecule has 0 amide bonds. The van der Waals surface area contributed by atoms with Crippen molar-refractivity contribution < 1.29 is 5.03 Å². The molecule has 1 N–H and O–H groups in total. The lowest BCUT2D eigenvalue weighted by molar-refractivity contribution is -0.445. The maximum atomic E-state index is 9.95. The highest BCUT2D eigenvalue weighted by Crippen LogP contribution is 2.07. The summed E-state index contributed by atoms with van der Waals surface area (Å²) in [6.45, 7) is 1.93. The van der Waals surface area contributed by atoms with Crippen LogP contribution in [0, 0.1) is 17.0 Å². The van der Waals surface area contributed by atoms with Crippen LogP contribution in [-0.4, -0.2) is 5.03 Å². The lowest BCUT2D eigenvalue weighted by Gasteiger charge is -1.95. The number of hydrogen-bond acceptors (Lipinski definition) is 2. The van der Waals surface area contributed by atoms with Gasteiger partial charge in [-0.1, -0.05) is 17.7 Å². The maximum absolute atomic E-state index is 9.95. The lowest BCUT2D eigenvalue weighted by atomic mass is 10.2. The van der Waals surface area contributed by atoms with E-state index in [-0.39, 0.29) is 0 Å². The van der Waals surface area contributed by atoms with E-state index in [1.165, 1.54) is 0 Å². The molecular formula is C7H8N2O2. The summed E-state index contributed by atoms with van der Waals surface area (Å²) in [7, 11) is 0. The van der Waals surface area contributed by atoms with Gasteiger partial charge >= 0.3 is 0 Å². The molecule has 0 aliphatic heterocycles. The van der Waals surface area contributed by atoms with Crippen LogP contribution >= 0.6 is 0 Å². The molecule has 0 aromatic heterocycles. The Morgan fingerprint density at radius 2 is 1.91 bits per heavy atom. The number of hydrogen-bond donors (Lipinski definition) is 1. The summed E-state index contributed by atoms with van der Waals surface area (Å²) < 4.78 is 0. The number of aryl methyl sites for hydroxylation is 1. The van der Waals surface area contributed by atoms with E-state index in [2.05, 4.69) is 5.43 Å². The number of anilines is 1. The van der Waals surface area contributed by atoms with E-state index in [1.54, 1.807) is 12.1 Å². The predicted octanol–water partition coefficient (Wildman–Crippen LogP) is 1.60. The molecule has 0 aliphatic carbocycles. The Morgan fingerprint density at radius 3 is 2.36 bits per heavy atom. The van der Waals surface area contributed by atoms with Gasteiger partial charge in [-0.3, -0.25) is 0 Å². The summed E-state index contributed by atoms with van der Waals surface area (Å²) in [6, 6.07) is 6.95. The molecule has 0 unspecified atom stereocenters. The van der Waals surface area contributed by atoms with Gasteiger partial charge in [0.15, 0.2) is 5.03 Å². The molecule has 0 aliphatic rings. The van der Waals surface area contributed by atoms with Crippen LogP contribution in [0.5, 0.6) is 0 Å². The highest BCUT2D eigenvalue weighted by molar-refractivity contribution is 5.41. The molecule has 0 spiro atoms. The molecule has 1 aromatic rings. The molecule has 1 aromatic carbocycles. The van der Waals surface area contributed by atoms with Crippen LogP contribution in [0.1, 0.15) is 5.56 Å². The third kappa shape index (κ3) is 2.25. The Kier molecular flexibility index (Phi) is 2.06. The zero-order chi connectivity index (χ0) is 8.27. The summed E-state index contributed by atoms with van der Waals surface area (Å²) in [4.78, 5) is 9.95. The molecule has 0 atom stereocenters. The van der Waals surface area contributed by atoms with Crippen LogP contribution in [0.25, 0.3) is 0 Å². The van der Waals surface area contributed by atoms with Crippen molar-refractivity contribution in [1.29, 1.82) is 0 Å². The molecule has 0 fully saturated rings. The second-order valence-corrected chi connectivity index (χ2v) is 2.23. The van der Waals surface area contributed by atoms with Crippen molar-refractivity contribution in [2.24, 2.45) is 0 Å². The number of nitro groups is 1. The van der Waals surface area contributed by atoms with Crippen molar-refractivity contribution in [2.45, 2.75) is 6.92 Å². The first-order valence-corrected chi connectivity index (χ1v) is 3.16. The molecule has 0 saturated heterocycles. The van der Waals surface area contributed by atoms with E-state index in [4.69, 9.17) is 0 Å². The molecule has 1 rings (SSSR count). The quantitative estimate of drug-likeness (QED) is 0.517. The summed E-state index contributed by atoms with van der Waals surface area (Å²) in [5.41, 5.74) is 3.64. The van der Waals surface area contributed by atoms with Gasteiger partial charge in [-0.15, -0.1) is 5.43 Å². The molecule has 0 heterocycles. The number of hydrazine groups is 1. The van der Waals surface area contributed by atoms with Gasteiger partial charge in [0.25, 0.3) is 0 Å². The fourth-order valence-electron chi connectivity index (χ4n) is 0.734. The fourth-order valence-corrected chi connectivity index (χ4v) is 0.734.